The SMILES string of the molecule is C=CC/C=C\C=C/C(=C)/C=C\CC.CC. The summed E-state index contributed by atoms with van der Waals surface area (Å²) in [4.78, 5) is 0. The Balaban J connectivity index is 0. The van der Waals surface area contributed by atoms with Crippen molar-refractivity contribution in [3.05, 3.63) is 61.3 Å². The van der Waals surface area contributed by atoms with E-state index >= 15 is 0 Å². The van der Waals surface area contributed by atoms with Gasteiger partial charge in [-0.15, -0.1) is 6.58 Å². The van der Waals surface area contributed by atoms with Crippen LogP contribution in [0.3, 0.4) is 0 Å². The van der Waals surface area contributed by atoms with Gasteiger partial charge in [-0.3, -0.25) is 0 Å². The molecule has 0 radical (unpaired) electrons. The standard InChI is InChI=1S/C13H18.C2H6/c1-4-6-8-9-10-12-13(3)11-7-5-2;1-2/h4,7-12H,1,3,5-6H2,2H3;1-2H3/b9-8-,11-7-,12-10-;. The van der Waals surface area contributed by atoms with E-state index in [1.807, 2.05) is 44.2 Å². The lowest BCUT2D eigenvalue weighted by atomic mass is 10.2. The summed E-state index contributed by atoms with van der Waals surface area (Å²) in [6, 6.07) is 0. The molecule has 0 rings (SSSR count). The van der Waals surface area contributed by atoms with Crippen LogP contribution in [-0.2, 0) is 0 Å². The van der Waals surface area contributed by atoms with E-state index in [0.29, 0.717) is 0 Å². The molecule has 0 aliphatic carbocycles. The van der Waals surface area contributed by atoms with Crippen molar-refractivity contribution in [2.75, 3.05) is 0 Å². The fourth-order valence-corrected chi connectivity index (χ4v) is 0.757. The van der Waals surface area contributed by atoms with Crippen LogP contribution in [0.1, 0.15) is 33.6 Å². The molecule has 84 valence electrons. The van der Waals surface area contributed by atoms with Crippen molar-refractivity contribution < 1.29 is 0 Å². The van der Waals surface area contributed by atoms with Gasteiger partial charge in [-0.1, -0.05) is 69.9 Å². The average Bonchev–Trinajstić information content (AvgIpc) is 2.29. The molecule has 0 spiro atoms. The Kier molecular flexibility index (Phi) is 16.3. The molecule has 0 nitrogen and oxygen atoms in total. The van der Waals surface area contributed by atoms with Gasteiger partial charge in [0.1, 0.15) is 0 Å². The van der Waals surface area contributed by atoms with Crippen LogP contribution in [0, 0.1) is 0 Å². The van der Waals surface area contributed by atoms with Crippen LogP contribution < -0.4 is 0 Å². The van der Waals surface area contributed by atoms with Crippen LogP contribution in [0.15, 0.2) is 61.3 Å². The molecular weight excluding hydrogens is 180 g/mol. The first-order valence-electron chi connectivity index (χ1n) is 5.60. The summed E-state index contributed by atoms with van der Waals surface area (Å²) >= 11 is 0. The summed E-state index contributed by atoms with van der Waals surface area (Å²) < 4.78 is 0. The quantitative estimate of drug-likeness (QED) is 0.411. The topological polar surface area (TPSA) is 0 Å². The number of rotatable bonds is 6. The molecule has 0 heterocycles. The van der Waals surface area contributed by atoms with Gasteiger partial charge in [0.2, 0.25) is 0 Å². The maximum atomic E-state index is 3.88. The van der Waals surface area contributed by atoms with E-state index in [0.717, 1.165) is 18.4 Å². The van der Waals surface area contributed by atoms with Gasteiger partial charge in [-0.05, 0) is 18.4 Å². The van der Waals surface area contributed by atoms with E-state index in [1.165, 1.54) is 0 Å². The second-order valence-electron chi connectivity index (χ2n) is 2.70. The monoisotopic (exact) mass is 204 g/mol. The number of allylic oxidation sites excluding steroid dienone is 8. The summed E-state index contributed by atoms with van der Waals surface area (Å²) in [5, 5.41) is 0. The Bertz CT molecular complexity index is 226. The first-order valence-corrected chi connectivity index (χ1v) is 5.60. The van der Waals surface area contributed by atoms with E-state index < -0.39 is 0 Å². The molecule has 0 amide bonds. The highest BCUT2D eigenvalue weighted by molar-refractivity contribution is 5.29. The zero-order valence-electron chi connectivity index (χ0n) is 10.4. The van der Waals surface area contributed by atoms with Crippen molar-refractivity contribution >= 4 is 0 Å². The molecule has 0 aromatic heterocycles. The van der Waals surface area contributed by atoms with E-state index in [2.05, 4.69) is 32.2 Å². The maximum Gasteiger partial charge on any atom is -0.0169 e. The minimum atomic E-state index is 0.918. The first-order chi connectivity index (χ1) is 7.31. The van der Waals surface area contributed by atoms with Crippen molar-refractivity contribution in [2.45, 2.75) is 33.6 Å². The Hall–Kier alpha value is -1.30. The van der Waals surface area contributed by atoms with Crippen molar-refractivity contribution in [3.8, 4) is 0 Å². The summed E-state index contributed by atoms with van der Waals surface area (Å²) in [7, 11) is 0. The molecule has 0 unspecified atom stereocenters. The lowest BCUT2D eigenvalue weighted by Gasteiger charge is -1.86. The van der Waals surface area contributed by atoms with Gasteiger partial charge in [-0.25, -0.2) is 0 Å². The predicted octanol–water partition coefficient (Wildman–Crippen LogP) is 5.22. The number of hydrogen-bond donors (Lipinski definition) is 0. The summed E-state index contributed by atoms with van der Waals surface area (Å²) in [5.41, 5.74) is 1.03. The highest BCUT2D eigenvalue weighted by atomic mass is 13.8. The van der Waals surface area contributed by atoms with Crippen LogP contribution in [-0.4, -0.2) is 0 Å². The average molecular weight is 204 g/mol. The molecule has 0 aliphatic heterocycles. The largest absolute Gasteiger partial charge is 0.103 e. The molecular formula is C15H24. The highest BCUT2D eigenvalue weighted by Gasteiger charge is 1.76. The molecule has 0 aromatic rings. The number of hydrogen-bond acceptors (Lipinski definition) is 0. The minimum Gasteiger partial charge on any atom is -0.103 e. The Morgan fingerprint density at radius 2 is 1.73 bits per heavy atom. The molecule has 0 heteroatoms. The van der Waals surface area contributed by atoms with Crippen molar-refractivity contribution in [3.63, 3.8) is 0 Å². The van der Waals surface area contributed by atoms with Crippen molar-refractivity contribution in [2.24, 2.45) is 0 Å². The van der Waals surface area contributed by atoms with Gasteiger partial charge < -0.3 is 0 Å². The second kappa shape index (κ2) is 15.2. The smallest absolute Gasteiger partial charge is 0.0169 e. The highest BCUT2D eigenvalue weighted by Crippen LogP contribution is 1.97. The van der Waals surface area contributed by atoms with Gasteiger partial charge in [0, 0.05) is 0 Å². The zero-order chi connectivity index (χ0) is 11.9. The molecule has 0 saturated carbocycles. The third kappa shape index (κ3) is 15.5. The molecule has 15 heavy (non-hydrogen) atoms. The van der Waals surface area contributed by atoms with Gasteiger partial charge in [0.15, 0.2) is 0 Å². The molecule has 0 saturated heterocycles. The Labute approximate surface area is 95.4 Å². The normalized spacial score (nSPS) is 10.6. The van der Waals surface area contributed by atoms with Crippen LogP contribution in [0.2, 0.25) is 0 Å². The zero-order valence-corrected chi connectivity index (χ0v) is 10.4. The Morgan fingerprint density at radius 1 is 1.07 bits per heavy atom. The van der Waals surface area contributed by atoms with Gasteiger partial charge >= 0.3 is 0 Å². The molecule has 0 fully saturated rings. The van der Waals surface area contributed by atoms with E-state index in [4.69, 9.17) is 0 Å². The lowest BCUT2D eigenvalue weighted by Crippen LogP contribution is -1.65. The molecule has 0 aromatic carbocycles. The van der Waals surface area contributed by atoms with Gasteiger partial charge in [0.25, 0.3) is 0 Å². The molecule has 0 N–H and O–H groups in total. The summed E-state index contributed by atoms with van der Waals surface area (Å²) in [6.45, 7) is 13.6. The minimum absolute atomic E-state index is 0.918. The van der Waals surface area contributed by atoms with Crippen molar-refractivity contribution in [1.29, 1.82) is 0 Å². The molecule has 0 bridgehead atoms. The molecule has 0 aliphatic rings. The van der Waals surface area contributed by atoms with Crippen LogP contribution >= 0.6 is 0 Å². The van der Waals surface area contributed by atoms with E-state index in [9.17, 15) is 0 Å². The Morgan fingerprint density at radius 3 is 2.27 bits per heavy atom. The van der Waals surface area contributed by atoms with Crippen molar-refractivity contribution in [1.82, 2.24) is 0 Å². The fourth-order valence-electron chi connectivity index (χ4n) is 0.757. The third-order valence-electron chi connectivity index (χ3n) is 1.43. The third-order valence-corrected chi connectivity index (χ3v) is 1.43. The van der Waals surface area contributed by atoms with Gasteiger partial charge in [0.05, 0.1) is 0 Å². The summed E-state index contributed by atoms with van der Waals surface area (Å²) in [5.74, 6) is 0. The predicted molar refractivity (Wildman–Crippen MR) is 73.0 cm³/mol. The van der Waals surface area contributed by atoms with E-state index in [1.54, 1.807) is 0 Å². The van der Waals surface area contributed by atoms with Crippen LogP contribution in [0.4, 0.5) is 0 Å². The first kappa shape index (κ1) is 16.1. The lowest BCUT2D eigenvalue weighted by molar-refractivity contribution is 1.22. The second-order valence-corrected chi connectivity index (χ2v) is 2.70. The van der Waals surface area contributed by atoms with Crippen LogP contribution in [0.5, 0.6) is 0 Å². The van der Waals surface area contributed by atoms with Crippen LogP contribution in [0.25, 0.3) is 0 Å². The van der Waals surface area contributed by atoms with E-state index in [-0.39, 0.29) is 0 Å². The molecule has 0 atom stereocenters. The van der Waals surface area contributed by atoms with Gasteiger partial charge in [-0.2, -0.15) is 0 Å². The summed E-state index contributed by atoms with van der Waals surface area (Å²) in [6.07, 6.45) is 16.0. The maximum absolute atomic E-state index is 3.88. The fraction of sp³-hybridized carbons (Fsp3) is 0.333.